The summed E-state index contributed by atoms with van der Waals surface area (Å²) in [5.41, 5.74) is 0.262. The third-order valence-corrected chi connectivity index (χ3v) is 4.52. The third kappa shape index (κ3) is 3.53. The highest BCUT2D eigenvalue weighted by Gasteiger charge is 2.27. The molecule has 2 rings (SSSR count). The smallest absolute Gasteiger partial charge is 0.255 e. The SMILES string of the molecule is O=C(c1cccc(F)c1Cl)N(CCBr)C1CCCCC1. The fourth-order valence-electron chi connectivity index (χ4n) is 2.76. The minimum atomic E-state index is -0.542. The van der Waals surface area contributed by atoms with Crippen molar-refractivity contribution >= 4 is 33.4 Å². The van der Waals surface area contributed by atoms with Gasteiger partial charge in [0.25, 0.3) is 5.91 Å². The van der Waals surface area contributed by atoms with Gasteiger partial charge in [-0.3, -0.25) is 4.79 Å². The van der Waals surface area contributed by atoms with Crippen molar-refractivity contribution in [2.75, 3.05) is 11.9 Å². The first-order valence-corrected chi connectivity index (χ1v) is 8.46. The maximum atomic E-state index is 13.5. The van der Waals surface area contributed by atoms with Gasteiger partial charge in [-0.25, -0.2) is 4.39 Å². The monoisotopic (exact) mass is 361 g/mol. The van der Waals surface area contributed by atoms with Crippen LogP contribution in [0.1, 0.15) is 42.5 Å². The van der Waals surface area contributed by atoms with E-state index in [1.165, 1.54) is 18.6 Å². The lowest BCUT2D eigenvalue weighted by molar-refractivity contribution is 0.0651. The number of halogens is 3. The zero-order chi connectivity index (χ0) is 14.5. The van der Waals surface area contributed by atoms with E-state index in [0.717, 1.165) is 25.7 Å². The maximum absolute atomic E-state index is 13.5. The maximum Gasteiger partial charge on any atom is 0.255 e. The van der Waals surface area contributed by atoms with E-state index in [1.807, 2.05) is 4.90 Å². The zero-order valence-electron chi connectivity index (χ0n) is 11.2. The van der Waals surface area contributed by atoms with Gasteiger partial charge in [-0.1, -0.05) is 52.9 Å². The van der Waals surface area contributed by atoms with Crippen molar-refractivity contribution in [2.45, 2.75) is 38.1 Å². The summed E-state index contributed by atoms with van der Waals surface area (Å²) in [6.07, 6.45) is 5.56. The van der Waals surface area contributed by atoms with Crippen LogP contribution in [0.3, 0.4) is 0 Å². The molecule has 0 heterocycles. The molecule has 2 nitrogen and oxygen atoms in total. The lowest BCUT2D eigenvalue weighted by Gasteiger charge is -2.34. The van der Waals surface area contributed by atoms with Gasteiger partial charge >= 0.3 is 0 Å². The molecule has 1 aromatic rings. The molecule has 1 aliphatic rings. The van der Waals surface area contributed by atoms with Crippen LogP contribution in [0.2, 0.25) is 5.02 Å². The predicted molar refractivity (Wildman–Crippen MR) is 83.1 cm³/mol. The van der Waals surface area contributed by atoms with Crippen molar-refractivity contribution in [1.82, 2.24) is 4.90 Å². The molecule has 1 amide bonds. The molecule has 0 bridgehead atoms. The number of amides is 1. The van der Waals surface area contributed by atoms with Crippen LogP contribution in [0.25, 0.3) is 0 Å². The average Bonchev–Trinajstić information content (AvgIpc) is 2.48. The molecule has 1 saturated carbocycles. The molecule has 0 spiro atoms. The summed E-state index contributed by atoms with van der Waals surface area (Å²) < 4.78 is 13.5. The molecule has 0 unspecified atom stereocenters. The van der Waals surface area contributed by atoms with Gasteiger partial charge in [0, 0.05) is 17.9 Å². The number of carbonyl (C=O) groups is 1. The quantitative estimate of drug-likeness (QED) is 0.714. The minimum Gasteiger partial charge on any atom is -0.335 e. The van der Waals surface area contributed by atoms with Crippen LogP contribution in [-0.2, 0) is 0 Å². The number of hydrogen-bond acceptors (Lipinski definition) is 1. The van der Waals surface area contributed by atoms with Crippen LogP contribution in [-0.4, -0.2) is 28.7 Å². The topological polar surface area (TPSA) is 20.3 Å². The normalized spacial score (nSPS) is 16.1. The summed E-state index contributed by atoms with van der Waals surface area (Å²) in [4.78, 5) is 14.5. The van der Waals surface area contributed by atoms with E-state index >= 15 is 0 Å². The van der Waals surface area contributed by atoms with Crippen molar-refractivity contribution in [3.05, 3.63) is 34.6 Å². The molecule has 1 fully saturated rings. The van der Waals surface area contributed by atoms with Crippen LogP contribution < -0.4 is 0 Å². The highest BCUT2D eigenvalue weighted by molar-refractivity contribution is 9.09. The molecule has 0 aliphatic heterocycles. The van der Waals surface area contributed by atoms with E-state index in [0.29, 0.717) is 11.9 Å². The Hall–Kier alpha value is -0.610. The van der Waals surface area contributed by atoms with Crippen molar-refractivity contribution in [2.24, 2.45) is 0 Å². The van der Waals surface area contributed by atoms with Crippen LogP contribution in [0.4, 0.5) is 4.39 Å². The molecule has 20 heavy (non-hydrogen) atoms. The summed E-state index contributed by atoms with van der Waals surface area (Å²) in [6, 6.07) is 4.64. The van der Waals surface area contributed by atoms with Gasteiger partial charge in [-0.2, -0.15) is 0 Å². The fraction of sp³-hybridized carbons (Fsp3) is 0.533. The molecule has 0 saturated heterocycles. The van der Waals surface area contributed by atoms with Gasteiger partial charge in [-0.05, 0) is 25.0 Å². The number of nitrogens with zero attached hydrogens (tertiary/aromatic N) is 1. The minimum absolute atomic E-state index is 0.0760. The molecule has 5 heteroatoms. The number of benzene rings is 1. The highest BCUT2D eigenvalue weighted by Crippen LogP contribution is 2.27. The largest absolute Gasteiger partial charge is 0.335 e. The first-order chi connectivity index (χ1) is 9.65. The van der Waals surface area contributed by atoms with Crippen molar-refractivity contribution in [3.8, 4) is 0 Å². The lowest BCUT2D eigenvalue weighted by atomic mass is 9.93. The van der Waals surface area contributed by atoms with Crippen LogP contribution in [0.5, 0.6) is 0 Å². The Morgan fingerprint density at radius 2 is 2.05 bits per heavy atom. The summed E-state index contributed by atoms with van der Waals surface area (Å²) in [7, 11) is 0. The summed E-state index contributed by atoms with van der Waals surface area (Å²) >= 11 is 9.33. The fourth-order valence-corrected chi connectivity index (χ4v) is 3.35. The second-order valence-corrected chi connectivity index (χ2v) is 6.25. The molecular weight excluding hydrogens is 345 g/mol. The standard InChI is InChI=1S/C15H18BrClFNO/c16-9-10-19(11-5-2-1-3-6-11)15(20)12-7-4-8-13(18)14(12)17/h4,7-8,11H,1-3,5-6,9-10H2. The second kappa shape index (κ2) is 7.41. The van der Waals surface area contributed by atoms with Crippen molar-refractivity contribution < 1.29 is 9.18 Å². The second-order valence-electron chi connectivity index (χ2n) is 5.08. The van der Waals surface area contributed by atoms with Gasteiger partial charge in [0.2, 0.25) is 0 Å². The summed E-state index contributed by atoms with van der Waals surface area (Å²) in [6.45, 7) is 0.621. The molecule has 0 radical (unpaired) electrons. The lowest BCUT2D eigenvalue weighted by Crippen LogP contribution is -2.42. The Morgan fingerprint density at radius 1 is 1.35 bits per heavy atom. The summed E-state index contributed by atoms with van der Waals surface area (Å²) in [5, 5.41) is 0.634. The average molecular weight is 363 g/mol. The van der Waals surface area contributed by atoms with Crippen molar-refractivity contribution in [1.29, 1.82) is 0 Å². The van der Waals surface area contributed by atoms with Gasteiger partial charge in [0.15, 0.2) is 0 Å². The Kier molecular flexibility index (Phi) is 5.85. The first kappa shape index (κ1) is 15.8. The van der Waals surface area contributed by atoms with Crippen molar-refractivity contribution in [3.63, 3.8) is 0 Å². The molecule has 0 atom stereocenters. The Labute approximate surface area is 132 Å². The molecule has 110 valence electrons. The van der Waals surface area contributed by atoms with Gasteiger partial charge < -0.3 is 4.90 Å². The van der Waals surface area contributed by atoms with E-state index in [4.69, 9.17) is 11.6 Å². The van der Waals surface area contributed by atoms with Crippen LogP contribution in [0.15, 0.2) is 18.2 Å². The van der Waals surface area contributed by atoms with E-state index in [9.17, 15) is 9.18 Å². The summed E-state index contributed by atoms with van der Waals surface area (Å²) in [5.74, 6) is -0.708. The first-order valence-electron chi connectivity index (χ1n) is 6.96. The molecule has 0 N–H and O–H groups in total. The van der Waals surface area contributed by atoms with Crippen LogP contribution >= 0.6 is 27.5 Å². The van der Waals surface area contributed by atoms with Gasteiger partial charge in [0.1, 0.15) is 5.82 Å². The van der Waals surface area contributed by atoms with Crippen LogP contribution in [0, 0.1) is 5.82 Å². The highest BCUT2D eigenvalue weighted by atomic mass is 79.9. The molecule has 1 aromatic carbocycles. The molecular formula is C15H18BrClFNO. The van der Waals surface area contributed by atoms with Gasteiger partial charge in [-0.15, -0.1) is 0 Å². The Bertz CT molecular complexity index is 477. The van der Waals surface area contributed by atoms with E-state index < -0.39 is 5.82 Å². The Balaban J connectivity index is 2.23. The number of hydrogen-bond donors (Lipinski definition) is 0. The number of alkyl halides is 1. The molecule has 1 aliphatic carbocycles. The van der Waals surface area contributed by atoms with E-state index in [2.05, 4.69) is 15.9 Å². The predicted octanol–water partition coefficient (Wildman–Crippen LogP) is 4.65. The number of carbonyl (C=O) groups excluding carboxylic acids is 1. The van der Waals surface area contributed by atoms with Gasteiger partial charge in [0.05, 0.1) is 10.6 Å². The number of rotatable bonds is 4. The third-order valence-electron chi connectivity index (χ3n) is 3.78. The van der Waals surface area contributed by atoms with E-state index in [1.54, 1.807) is 6.07 Å². The zero-order valence-corrected chi connectivity index (χ0v) is 13.6. The van der Waals surface area contributed by atoms with E-state index in [-0.39, 0.29) is 22.5 Å². The Morgan fingerprint density at radius 3 is 2.70 bits per heavy atom. The molecule has 0 aromatic heterocycles.